The van der Waals surface area contributed by atoms with Gasteiger partial charge in [-0.25, -0.2) is 8.42 Å². The van der Waals surface area contributed by atoms with Gasteiger partial charge < -0.3 is 10.5 Å². The summed E-state index contributed by atoms with van der Waals surface area (Å²) in [5.74, 6) is 0.0575. The van der Waals surface area contributed by atoms with Crippen LogP contribution in [0.3, 0.4) is 0 Å². The molecule has 0 aromatic carbocycles. The van der Waals surface area contributed by atoms with Crippen molar-refractivity contribution in [2.75, 3.05) is 19.4 Å². The molecule has 110 valence electrons. The Morgan fingerprint density at radius 2 is 2.11 bits per heavy atom. The third-order valence-corrected chi connectivity index (χ3v) is 6.00. The molecule has 7 heteroatoms. The Hall–Kier alpha value is -0.660. The maximum Gasteiger partial charge on any atom is 0.305 e. The fraction of sp³-hybridized carbons (Fsp3) is 0.917. The fourth-order valence-electron chi connectivity index (χ4n) is 3.20. The number of nitrogens with two attached hydrogens (primary N) is 1. The number of carbonyl (C=O) groups excluding carboxylic acids is 1. The lowest BCUT2D eigenvalue weighted by Crippen LogP contribution is -2.39. The standard InChI is InChI=1S/C12H22N2O4S/c1-18-12(15)3-2-4-19(16,17)14-8-9-5-10(13)7-11(14)6-9/h9-11H,2-8,13H2,1H3. The predicted molar refractivity (Wildman–Crippen MR) is 70.8 cm³/mol. The molecule has 19 heavy (non-hydrogen) atoms. The summed E-state index contributed by atoms with van der Waals surface area (Å²) in [4.78, 5) is 11.0. The Labute approximate surface area is 114 Å². The van der Waals surface area contributed by atoms with Crippen molar-refractivity contribution in [2.24, 2.45) is 11.7 Å². The van der Waals surface area contributed by atoms with Crippen molar-refractivity contribution in [2.45, 2.75) is 44.2 Å². The van der Waals surface area contributed by atoms with E-state index in [0.717, 1.165) is 19.3 Å². The van der Waals surface area contributed by atoms with Crippen molar-refractivity contribution in [3.63, 3.8) is 0 Å². The molecular weight excluding hydrogens is 268 g/mol. The molecule has 0 aromatic rings. The number of esters is 1. The molecule has 1 aliphatic heterocycles. The lowest BCUT2D eigenvalue weighted by molar-refractivity contribution is -0.140. The van der Waals surface area contributed by atoms with Gasteiger partial charge in [-0.3, -0.25) is 4.79 Å². The number of sulfonamides is 1. The molecule has 1 saturated carbocycles. The molecule has 1 heterocycles. The highest BCUT2D eigenvalue weighted by Crippen LogP contribution is 2.36. The third-order valence-electron chi connectivity index (χ3n) is 4.03. The van der Waals surface area contributed by atoms with E-state index in [0.29, 0.717) is 18.9 Å². The first-order valence-electron chi connectivity index (χ1n) is 6.74. The zero-order valence-corrected chi connectivity index (χ0v) is 12.1. The van der Waals surface area contributed by atoms with Crippen LogP contribution >= 0.6 is 0 Å². The van der Waals surface area contributed by atoms with Gasteiger partial charge in [0.25, 0.3) is 0 Å². The normalized spacial score (nSPS) is 31.4. The van der Waals surface area contributed by atoms with Crippen LogP contribution in [-0.4, -0.2) is 50.2 Å². The number of ether oxygens (including phenoxy) is 1. The first kappa shape index (κ1) is 14.7. The topological polar surface area (TPSA) is 89.7 Å². The zero-order valence-electron chi connectivity index (χ0n) is 11.2. The van der Waals surface area contributed by atoms with E-state index in [-0.39, 0.29) is 30.2 Å². The van der Waals surface area contributed by atoms with Crippen molar-refractivity contribution in [1.29, 1.82) is 0 Å². The predicted octanol–water partition coefficient (Wildman–Crippen LogP) is 0.0810. The van der Waals surface area contributed by atoms with Crippen LogP contribution in [0.15, 0.2) is 0 Å². The SMILES string of the molecule is COC(=O)CCCS(=O)(=O)N1CC2CC(N)CC1C2. The second-order valence-electron chi connectivity index (χ2n) is 5.55. The quantitative estimate of drug-likeness (QED) is 0.724. The average Bonchev–Trinajstić information content (AvgIpc) is 2.64. The van der Waals surface area contributed by atoms with Gasteiger partial charge in [0.1, 0.15) is 0 Å². The third kappa shape index (κ3) is 3.46. The van der Waals surface area contributed by atoms with Crippen molar-refractivity contribution in [3.8, 4) is 0 Å². The zero-order chi connectivity index (χ0) is 14.0. The Kier molecular flexibility index (Phi) is 4.47. The summed E-state index contributed by atoms with van der Waals surface area (Å²) in [6.45, 7) is 0.596. The number of rotatable bonds is 5. The molecule has 0 amide bonds. The number of fused-ring (bicyclic) bond motifs is 2. The summed E-state index contributed by atoms with van der Waals surface area (Å²) in [6.07, 6.45) is 3.08. The summed E-state index contributed by atoms with van der Waals surface area (Å²) in [5, 5.41) is 0. The van der Waals surface area contributed by atoms with Crippen LogP contribution in [0.5, 0.6) is 0 Å². The average molecular weight is 290 g/mol. The maximum atomic E-state index is 12.3. The van der Waals surface area contributed by atoms with Gasteiger partial charge in [-0.15, -0.1) is 0 Å². The molecule has 2 rings (SSSR count). The molecular formula is C12H22N2O4S. The fourth-order valence-corrected chi connectivity index (χ4v) is 5.01. The van der Waals surface area contributed by atoms with Crippen LogP contribution in [-0.2, 0) is 19.6 Å². The van der Waals surface area contributed by atoms with E-state index in [9.17, 15) is 13.2 Å². The molecule has 0 spiro atoms. The minimum Gasteiger partial charge on any atom is -0.469 e. The second kappa shape index (κ2) is 5.76. The Balaban J connectivity index is 1.91. The van der Waals surface area contributed by atoms with Gasteiger partial charge in [0, 0.05) is 25.0 Å². The molecule has 2 fully saturated rings. The van der Waals surface area contributed by atoms with Crippen molar-refractivity contribution in [1.82, 2.24) is 4.31 Å². The number of hydrogen-bond acceptors (Lipinski definition) is 5. The number of nitrogens with zero attached hydrogens (tertiary/aromatic N) is 1. The highest BCUT2D eigenvalue weighted by molar-refractivity contribution is 7.89. The monoisotopic (exact) mass is 290 g/mol. The van der Waals surface area contributed by atoms with Gasteiger partial charge in [0.05, 0.1) is 12.9 Å². The van der Waals surface area contributed by atoms with Crippen LogP contribution in [0.2, 0.25) is 0 Å². The lowest BCUT2D eigenvalue weighted by Gasteiger charge is -2.27. The van der Waals surface area contributed by atoms with E-state index in [2.05, 4.69) is 4.74 Å². The second-order valence-corrected chi connectivity index (χ2v) is 7.59. The minimum atomic E-state index is -3.27. The number of carbonyl (C=O) groups is 1. The molecule has 2 N–H and O–H groups in total. The van der Waals surface area contributed by atoms with Gasteiger partial charge in [-0.05, 0) is 31.6 Å². The minimum absolute atomic E-state index is 0.0144. The van der Waals surface area contributed by atoms with Crippen molar-refractivity contribution >= 4 is 16.0 Å². The Morgan fingerprint density at radius 1 is 1.37 bits per heavy atom. The van der Waals surface area contributed by atoms with Gasteiger partial charge in [0.2, 0.25) is 10.0 Å². The lowest BCUT2D eigenvalue weighted by atomic mass is 9.87. The van der Waals surface area contributed by atoms with Gasteiger partial charge in [0.15, 0.2) is 0 Å². The molecule has 3 unspecified atom stereocenters. The van der Waals surface area contributed by atoms with E-state index >= 15 is 0 Å². The van der Waals surface area contributed by atoms with Crippen molar-refractivity contribution < 1.29 is 17.9 Å². The summed E-state index contributed by atoms with van der Waals surface area (Å²) in [6, 6.07) is 0.191. The Morgan fingerprint density at radius 3 is 2.79 bits per heavy atom. The molecule has 3 atom stereocenters. The van der Waals surface area contributed by atoms with Gasteiger partial charge >= 0.3 is 5.97 Å². The van der Waals surface area contributed by atoms with Crippen LogP contribution in [0, 0.1) is 5.92 Å². The molecule has 1 saturated heterocycles. The first-order valence-corrected chi connectivity index (χ1v) is 8.35. The summed E-state index contributed by atoms with van der Waals surface area (Å²) < 4.78 is 30.7. The molecule has 1 aliphatic carbocycles. The van der Waals surface area contributed by atoms with E-state index in [1.54, 1.807) is 4.31 Å². The first-order chi connectivity index (χ1) is 8.92. The highest BCUT2D eigenvalue weighted by Gasteiger charge is 2.43. The van der Waals surface area contributed by atoms with E-state index in [1.165, 1.54) is 7.11 Å². The van der Waals surface area contributed by atoms with Crippen LogP contribution in [0.1, 0.15) is 32.1 Å². The highest BCUT2D eigenvalue weighted by atomic mass is 32.2. The molecule has 2 bridgehead atoms. The molecule has 0 aromatic heterocycles. The Bertz CT molecular complexity index is 437. The maximum absolute atomic E-state index is 12.3. The number of methoxy groups -OCH3 is 1. The van der Waals surface area contributed by atoms with E-state index in [4.69, 9.17) is 5.73 Å². The van der Waals surface area contributed by atoms with Crippen LogP contribution in [0.4, 0.5) is 0 Å². The van der Waals surface area contributed by atoms with Crippen LogP contribution in [0.25, 0.3) is 0 Å². The molecule has 0 radical (unpaired) electrons. The van der Waals surface area contributed by atoms with Crippen LogP contribution < -0.4 is 5.73 Å². The van der Waals surface area contributed by atoms with E-state index < -0.39 is 10.0 Å². The summed E-state index contributed by atoms with van der Waals surface area (Å²) in [7, 11) is -1.96. The molecule has 6 nitrogen and oxygen atoms in total. The summed E-state index contributed by atoms with van der Waals surface area (Å²) in [5.41, 5.74) is 5.94. The van der Waals surface area contributed by atoms with Crippen molar-refractivity contribution in [3.05, 3.63) is 0 Å². The smallest absolute Gasteiger partial charge is 0.305 e. The largest absolute Gasteiger partial charge is 0.469 e. The van der Waals surface area contributed by atoms with E-state index in [1.807, 2.05) is 0 Å². The van der Waals surface area contributed by atoms with Gasteiger partial charge in [-0.2, -0.15) is 4.31 Å². The van der Waals surface area contributed by atoms with Gasteiger partial charge in [-0.1, -0.05) is 0 Å². The number of hydrogen-bond donors (Lipinski definition) is 1. The summed E-state index contributed by atoms with van der Waals surface area (Å²) >= 11 is 0. The molecule has 2 aliphatic rings.